The van der Waals surface area contributed by atoms with Gasteiger partial charge in [-0.3, -0.25) is 4.79 Å². The van der Waals surface area contributed by atoms with Crippen LogP contribution in [0, 0.1) is 0 Å². The fraction of sp³-hybridized carbons (Fsp3) is 0.333. The molecular weight excluding hydrogens is 258 g/mol. The molecule has 0 fully saturated rings. The van der Waals surface area contributed by atoms with Crippen molar-refractivity contribution >= 4 is 17.6 Å². The Morgan fingerprint density at radius 3 is 2.89 bits per heavy atom. The van der Waals surface area contributed by atoms with E-state index in [-0.39, 0.29) is 11.3 Å². The zero-order valence-electron chi connectivity index (χ0n) is 9.94. The summed E-state index contributed by atoms with van der Waals surface area (Å²) in [6.07, 6.45) is 4.01. The highest BCUT2D eigenvalue weighted by Gasteiger charge is 2.28. The third kappa shape index (κ3) is 1.71. The third-order valence-corrected chi connectivity index (χ3v) is 3.37. The van der Waals surface area contributed by atoms with E-state index >= 15 is 0 Å². The number of aromatic hydroxyl groups is 1. The molecule has 1 aliphatic carbocycles. The summed E-state index contributed by atoms with van der Waals surface area (Å²) in [4.78, 5) is 23.5. The summed E-state index contributed by atoms with van der Waals surface area (Å²) in [6.45, 7) is 0. The van der Waals surface area contributed by atoms with E-state index < -0.39 is 16.9 Å². The molecule has 2 rings (SSSR count). The molecule has 0 aromatic carbocycles. The molecule has 5 nitrogen and oxygen atoms in total. The zero-order chi connectivity index (χ0) is 13.4. The molecule has 0 saturated carbocycles. The van der Waals surface area contributed by atoms with E-state index in [1.807, 2.05) is 6.08 Å². The van der Waals surface area contributed by atoms with Crippen LogP contribution < -0.4 is 5.56 Å². The Hall–Kier alpha value is -1.75. The highest BCUT2D eigenvalue weighted by molar-refractivity contribution is 6.22. The van der Waals surface area contributed by atoms with Crippen LogP contribution in [0.2, 0.25) is 0 Å². The molecule has 6 heteroatoms. The largest absolute Gasteiger partial charge is 0.506 e. The summed E-state index contributed by atoms with van der Waals surface area (Å²) in [7, 11) is 2.69. The fourth-order valence-electron chi connectivity index (χ4n) is 2.06. The van der Waals surface area contributed by atoms with Crippen LogP contribution in [0.3, 0.4) is 0 Å². The van der Waals surface area contributed by atoms with Crippen molar-refractivity contribution < 1.29 is 14.6 Å². The minimum atomic E-state index is -0.866. The quantitative estimate of drug-likeness (QED) is 0.474. The van der Waals surface area contributed by atoms with Gasteiger partial charge in [0, 0.05) is 24.7 Å². The molecule has 1 aromatic heterocycles. The second kappa shape index (κ2) is 4.49. The van der Waals surface area contributed by atoms with Crippen LogP contribution >= 0.6 is 11.6 Å². The molecule has 1 aliphatic rings. The monoisotopic (exact) mass is 269 g/mol. The van der Waals surface area contributed by atoms with E-state index in [4.69, 9.17) is 11.6 Å². The minimum Gasteiger partial charge on any atom is -0.506 e. The van der Waals surface area contributed by atoms with Gasteiger partial charge in [0.15, 0.2) is 5.56 Å². The molecule has 0 saturated heterocycles. The Balaban J connectivity index is 2.82. The number of halogens is 1. The summed E-state index contributed by atoms with van der Waals surface area (Å²) in [6, 6.07) is 0. The number of ether oxygens (including phenoxy) is 1. The summed E-state index contributed by atoms with van der Waals surface area (Å²) in [5.41, 5.74) is 0.0336. The number of pyridine rings is 1. The number of carbonyl (C=O) groups excluding carboxylic acids is 1. The van der Waals surface area contributed by atoms with Gasteiger partial charge in [0.05, 0.1) is 12.5 Å². The van der Waals surface area contributed by atoms with Crippen molar-refractivity contribution in [2.45, 2.75) is 11.8 Å². The Labute approximate surface area is 108 Å². The van der Waals surface area contributed by atoms with Gasteiger partial charge in [-0.2, -0.15) is 0 Å². The lowest BCUT2D eigenvalue weighted by Crippen LogP contribution is -2.30. The smallest absolute Gasteiger partial charge is 0.347 e. The number of alkyl halides is 1. The molecule has 1 aromatic rings. The van der Waals surface area contributed by atoms with Crippen molar-refractivity contribution in [2.75, 3.05) is 7.11 Å². The number of allylic oxidation sites excluding steroid dienone is 2. The van der Waals surface area contributed by atoms with E-state index in [1.54, 1.807) is 6.08 Å². The van der Waals surface area contributed by atoms with Crippen LogP contribution in [0.25, 0.3) is 0 Å². The van der Waals surface area contributed by atoms with E-state index in [9.17, 15) is 14.7 Å². The summed E-state index contributed by atoms with van der Waals surface area (Å²) in [5.74, 6) is -1.25. The first-order valence-corrected chi connectivity index (χ1v) is 5.76. The van der Waals surface area contributed by atoms with E-state index in [1.165, 1.54) is 11.6 Å². The molecule has 0 spiro atoms. The average Bonchev–Trinajstić information content (AvgIpc) is 2.35. The standard InChI is InChI=1S/C12H12ClNO4/c1-14-7-5-3-4-6(13)8(7)10(15)9(11(14)16)12(17)18-2/h3-4,6,15H,5H2,1-2H3. The number of aromatic nitrogens is 1. The number of carbonyl (C=O) groups is 1. The van der Waals surface area contributed by atoms with Gasteiger partial charge in [0.2, 0.25) is 0 Å². The molecule has 0 radical (unpaired) electrons. The van der Waals surface area contributed by atoms with Crippen molar-refractivity contribution in [3.8, 4) is 5.75 Å². The number of rotatable bonds is 1. The SMILES string of the molecule is COC(=O)c1c(O)c2c(n(C)c1=O)CC=CC2Cl. The van der Waals surface area contributed by atoms with Crippen LogP contribution in [0.1, 0.15) is 27.0 Å². The zero-order valence-corrected chi connectivity index (χ0v) is 10.7. The molecule has 96 valence electrons. The lowest BCUT2D eigenvalue weighted by atomic mass is 9.98. The van der Waals surface area contributed by atoms with Gasteiger partial charge < -0.3 is 14.4 Å². The molecule has 1 N–H and O–H groups in total. The number of esters is 1. The topological polar surface area (TPSA) is 68.5 Å². The molecule has 1 heterocycles. The maximum atomic E-state index is 12.0. The molecule has 18 heavy (non-hydrogen) atoms. The summed E-state index contributed by atoms with van der Waals surface area (Å²) < 4.78 is 5.83. The van der Waals surface area contributed by atoms with Crippen molar-refractivity contribution in [1.82, 2.24) is 4.57 Å². The molecule has 1 atom stereocenters. The Morgan fingerprint density at radius 1 is 1.61 bits per heavy atom. The van der Waals surface area contributed by atoms with Gasteiger partial charge in [-0.25, -0.2) is 4.79 Å². The number of fused-ring (bicyclic) bond motifs is 1. The maximum Gasteiger partial charge on any atom is 0.347 e. The van der Waals surface area contributed by atoms with Gasteiger partial charge in [0.1, 0.15) is 5.75 Å². The summed E-state index contributed by atoms with van der Waals surface area (Å²) >= 11 is 6.08. The second-order valence-corrected chi connectivity index (χ2v) is 4.44. The number of methoxy groups -OCH3 is 1. The molecule has 0 aliphatic heterocycles. The Morgan fingerprint density at radius 2 is 2.28 bits per heavy atom. The third-order valence-electron chi connectivity index (χ3n) is 3.01. The minimum absolute atomic E-state index is 0.375. The van der Waals surface area contributed by atoms with Gasteiger partial charge in [-0.1, -0.05) is 12.2 Å². The van der Waals surface area contributed by atoms with Crippen molar-refractivity contribution in [2.24, 2.45) is 7.05 Å². The van der Waals surface area contributed by atoms with E-state index in [0.717, 1.165) is 7.11 Å². The predicted molar refractivity (Wildman–Crippen MR) is 66.1 cm³/mol. The number of hydrogen-bond donors (Lipinski definition) is 1. The maximum absolute atomic E-state index is 12.0. The van der Waals surface area contributed by atoms with Crippen molar-refractivity contribution in [1.29, 1.82) is 0 Å². The molecule has 0 bridgehead atoms. The Kier molecular flexibility index (Phi) is 3.17. The lowest BCUT2D eigenvalue weighted by molar-refractivity contribution is 0.0594. The first kappa shape index (κ1) is 12.7. The van der Waals surface area contributed by atoms with Crippen LogP contribution in [-0.2, 0) is 18.2 Å². The van der Waals surface area contributed by atoms with Gasteiger partial charge in [0.25, 0.3) is 5.56 Å². The van der Waals surface area contributed by atoms with Gasteiger partial charge >= 0.3 is 5.97 Å². The highest BCUT2D eigenvalue weighted by Crippen LogP contribution is 2.37. The highest BCUT2D eigenvalue weighted by atomic mass is 35.5. The lowest BCUT2D eigenvalue weighted by Gasteiger charge is -2.21. The predicted octanol–water partition coefficient (Wildman–Crippen LogP) is 1.27. The van der Waals surface area contributed by atoms with Crippen LogP contribution in [-0.4, -0.2) is 22.8 Å². The summed E-state index contributed by atoms with van der Waals surface area (Å²) in [5, 5.41) is 9.51. The number of hydrogen-bond acceptors (Lipinski definition) is 4. The van der Waals surface area contributed by atoms with Gasteiger partial charge in [-0.05, 0) is 0 Å². The van der Waals surface area contributed by atoms with Crippen LogP contribution in [0.15, 0.2) is 16.9 Å². The first-order valence-electron chi connectivity index (χ1n) is 5.32. The molecule has 0 amide bonds. The van der Waals surface area contributed by atoms with Crippen LogP contribution in [0.5, 0.6) is 5.75 Å². The fourth-order valence-corrected chi connectivity index (χ4v) is 2.39. The van der Waals surface area contributed by atoms with Crippen molar-refractivity contribution in [3.05, 3.63) is 39.3 Å². The van der Waals surface area contributed by atoms with Crippen LogP contribution in [0.4, 0.5) is 0 Å². The Bertz CT molecular complexity index is 603. The second-order valence-electron chi connectivity index (χ2n) is 3.97. The van der Waals surface area contributed by atoms with Gasteiger partial charge in [-0.15, -0.1) is 11.6 Å². The first-order chi connectivity index (χ1) is 8.49. The molecular formula is C12H12ClNO4. The molecule has 1 unspecified atom stereocenters. The normalized spacial score (nSPS) is 17.4. The van der Waals surface area contributed by atoms with E-state index in [0.29, 0.717) is 17.7 Å². The number of nitrogens with zero attached hydrogens (tertiary/aromatic N) is 1. The van der Waals surface area contributed by atoms with Crippen molar-refractivity contribution in [3.63, 3.8) is 0 Å². The average molecular weight is 270 g/mol. The van der Waals surface area contributed by atoms with E-state index in [2.05, 4.69) is 4.74 Å².